The lowest BCUT2D eigenvalue weighted by Crippen LogP contribution is -2.52. The standard InChI is InChI=1S/C27H32N2O5S/c1-35-15-12-23(24(30)31)29-25(32)27(13-6-7-14-27)17-28-26(33)34-16-22-20-10-4-2-8-18(20)19-9-3-5-11-21(19)22/h2-5,8-11,22-23H,6-7,12-17H2,1H3,(H,28,33)(H,29,32)(H,30,31)/t23-/m1/s1. The van der Waals surface area contributed by atoms with Gasteiger partial charge >= 0.3 is 12.1 Å². The number of aliphatic carboxylic acids is 1. The van der Waals surface area contributed by atoms with E-state index in [9.17, 15) is 19.5 Å². The van der Waals surface area contributed by atoms with Gasteiger partial charge in [0.15, 0.2) is 0 Å². The van der Waals surface area contributed by atoms with Gasteiger partial charge in [-0.1, -0.05) is 61.4 Å². The highest BCUT2D eigenvalue weighted by Gasteiger charge is 2.43. The number of carboxylic acids is 1. The number of hydrogen-bond acceptors (Lipinski definition) is 5. The summed E-state index contributed by atoms with van der Waals surface area (Å²) in [6.07, 6.45) is 4.64. The van der Waals surface area contributed by atoms with Gasteiger partial charge in [0.25, 0.3) is 0 Å². The molecular weight excluding hydrogens is 464 g/mol. The van der Waals surface area contributed by atoms with Crippen LogP contribution in [0.3, 0.4) is 0 Å². The maximum absolute atomic E-state index is 13.1. The molecule has 8 heteroatoms. The topological polar surface area (TPSA) is 105 Å². The number of carboxylic acid groups (broad SMARTS) is 1. The number of hydrogen-bond donors (Lipinski definition) is 3. The van der Waals surface area contributed by atoms with E-state index in [4.69, 9.17) is 4.74 Å². The summed E-state index contributed by atoms with van der Waals surface area (Å²) in [7, 11) is 0. The van der Waals surface area contributed by atoms with Crippen LogP contribution in [-0.4, -0.2) is 54.3 Å². The Balaban J connectivity index is 1.36. The van der Waals surface area contributed by atoms with Crippen molar-refractivity contribution in [3.05, 3.63) is 59.7 Å². The molecule has 2 amide bonds. The molecule has 0 heterocycles. The third kappa shape index (κ3) is 5.48. The zero-order valence-electron chi connectivity index (χ0n) is 19.9. The van der Waals surface area contributed by atoms with Gasteiger partial charge in [-0.2, -0.15) is 11.8 Å². The van der Waals surface area contributed by atoms with E-state index >= 15 is 0 Å². The molecule has 0 aliphatic heterocycles. The summed E-state index contributed by atoms with van der Waals surface area (Å²) in [5, 5.41) is 15.0. The van der Waals surface area contributed by atoms with Crippen molar-refractivity contribution in [3.63, 3.8) is 0 Å². The van der Waals surface area contributed by atoms with Crippen LogP contribution in [0.1, 0.15) is 49.1 Å². The Labute approximate surface area is 210 Å². The van der Waals surface area contributed by atoms with Crippen LogP contribution >= 0.6 is 11.8 Å². The Hall–Kier alpha value is -3.00. The predicted molar refractivity (Wildman–Crippen MR) is 137 cm³/mol. The average molecular weight is 497 g/mol. The number of carbonyl (C=O) groups is 3. The normalized spacial score (nSPS) is 16.7. The predicted octanol–water partition coefficient (Wildman–Crippen LogP) is 4.41. The first-order valence-electron chi connectivity index (χ1n) is 12.1. The fourth-order valence-electron chi connectivity index (χ4n) is 5.23. The molecule has 2 aromatic rings. The van der Waals surface area contributed by atoms with Crippen molar-refractivity contribution in [1.82, 2.24) is 10.6 Å². The van der Waals surface area contributed by atoms with Crippen LogP contribution in [-0.2, 0) is 14.3 Å². The van der Waals surface area contributed by atoms with Crippen LogP contribution in [0.2, 0.25) is 0 Å². The molecule has 0 saturated heterocycles. The molecule has 2 aliphatic rings. The SMILES string of the molecule is CSCC[C@@H](NC(=O)C1(CNC(=O)OCC2c3ccccc3-c3ccccc32)CCCC1)C(=O)O. The van der Waals surface area contributed by atoms with Gasteiger partial charge in [0.2, 0.25) is 5.91 Å². The van der Waals surface area contributed by atoms with Gasteiger partial charge in [-0.25, -0.2) is 9.59 Å². The molecule has 2 aliphatic carbocycles. The lowest BCUT2D eigenvalue weighted by Gasteiger charge is -2.29. The van der Waals surface area contributed by atoms with Gasteiger partial charge in [0.1, 0.15) is 12.6 Å². The fraction of sp³-hybridized carbons (Fsp3) is 0.444. The van der Waals surface area contributed by atoms with E-state index in [1.807, 2.05) is 30.5 Å². The van der Waals surface area contributed by atoms with E-state index in [1.54, 1.807) is 0 Å². The van der Waals surface area contributed by atoms with E-state index in [1.165, 1.54) is 11.8 Å². The zero-order valence-corrected chi connectivity index (χ0v) is 20.7. The Bertz CT molecular complexity index is 1040. The third-order valence-corrected chi connectivity index (χ3v) is 7.82. The van der Waals surface area contributed by atoms with E-state index < -0.39 is 23.5 Å². The molecule has 7 nitrogen and oxygen atoms in total. The highest BCUT2D eigenvalue weighted by molar-refractivity contribution is 7.98. The molecule has 0 aromatic heterocycles. The van der Waals surface area contributed by atoms with Gasteiger partial charge < -0.3 is 20.5 Å². The van der Waals surface area contributed by atoms with Crippen LogP contribution in [0.5, 0.6) is 0 Å². The summed E-state index contributed by atoms with van der Waals surface area (Å²) in [5.74, 6) is -0.737. The summed E-state index contributed by atoms with van der Waals surface area (Å²) in [6.45, 7) is 0.333. The van der Waals surface area contributed by atoms with Gasteiger partial charge in [-0.05, 0) is 53.5 Å². The van der Waals surface area contributed by atoms with Crippen molar-refractivity contribution in [2.24, 2.45) is 5.41 Å². The highest BCUT2D eigenvalue weighted by atomic mass is 32.2. The third-order valence-electron chi connectivity index (χ3n) is 7.17. The molecule has 0 spiro atoms. The lowest BCUT2D eigenvalue weighted by molar-refractivity contribution is -0.143. The molecule has 1 fully saturated rings. The quantitative estimate of drug-likeness (QED) is 0.450. The van der Waals surface area contributed by atoms with Crippen molar-refractivity contribution in [3.8, 4) is 11.1 Å². The van der Waals surface area contributed by atoms with Crippen molar-refractivity contribution in [2.75, 3.05) is 25.2 Å². The molecule has 0 radical (unpaired) electrons. The number of rotatable bonds is 10. The fourth-order valence-corrected chi connectivity index (χ4v) is 5.70. The van der Waals surface area contributed by atoms with Crippen LogP contribution in [0, 0.1) is 5.41 Å². The molecule has 186 valence electrons. The van der Waals surface area contributed by atoms with Crippen LogP contribution in [0.15, 0.2) is 48.5 Å². The molecule has 2 aromatic carbocycles. The monoisotopic (exact) mass is 496 g/mol. The minimum atomic E-state index is -1.04. The number of thioether (sulfide) groups is 1. The number of benzene rings is 2. The van der Waals surface area contributed by atoms with Crippen molar-refractivity contribution in [1.29, 1.82) is 0 Å². The highest BCUT2D eigenvalue weighted by Crippen LogP contribution is 2.44. The molecule has 35 heavy (non-hydrogen) atoms. The second-order valence-corrected chi connectivity index (χ2v) is 10.3. The molecule has 0 bridgehead atoms. The minimum absolute atomic E-state index is 0.0374. The lowest BCUT2D eigenvalue weighted by atomic mass is 9.84. The van der Waals surface area contributed by atoms with E-state index in [0.29, 0.717) is 25.0 Å². The number of carbonyl (C=O) groups excluding carboxylic acids is 2. The van der Waals surface area contributed by atoms with Gasteiger partial charge in [0, 0.05) is 12.5 Å². The average Bonchev–Trinajstić information content (AvgIpc) is 3.47. The van der Waals surface area contributed by atoms with Crippen molar-refractivity contribution < 1.29 is 24.2 Å². The Kier molecular flexibility index (Phi) is 8.00. The van der Waals surface area contributed by atoms with E-state index in [0.717, 1.165) is 35.1 Å². The second kappa shape index (κ2) is 11.2. The first kappa shape index (κ1) is 25.1. The summed E-state index contributed by atoms with van der Waals surface area (Å²) < 4.78 is 5.62. The maximum atomic E-state index is 13.1. The van der Waals surface area contributed by atoms with E-state index in [2.05, 4.69) is 34.9 Å². The van der Waals surface area contributed by atoms with Crippen molar-refractivity contribution >= 4 is 29.7 Å². The number of ether oxygens (including phenoxy) is 1. The van der Waals surface area contributed by atoms with Crippen LogP contribution < -0.4 is 10.6 Å². The summed E-state index contributed by atoms with van der Waals surface area (Å²) >= 11 is 1.54. The Morgan fingerprint density at radius 3 is 2.23 bits per heavy atom. The van der Waals surface area contributed by atoms with Gasteiger partial charge in [-0.3, -0.25) is 4.79 Å². The van der Waals surface area contributed by atoms with Gasteiger partial charge in [0.05, 0.1) is 5.41 Å². The number of alkyl carbamates (subject to hydrolysis) is 1. The summed E-state index contributed by atoms with van der Waals surface area (Å²) in [6, 6.07) is 15.4. The first-order chi connectivity index (χ1) is 16.9. The van der Waals surface area contributed by atoms with E-state index in [-0.39, 0.29) is 25.0 Å². The summed E-state index contributed by atoms with van der Waals surface area (Å²) in [4.78, 5) is 37.4. The molecular formula is C27H32N2O5S. The molecule has 4 rings (SSSR count). The molecule has 0 unspecified atom stereocenters. The molecule has 3 N–H and O–H groups in total. The minimum Gasteiger partial charge on any atom is -0.480 e. The number of nitrogens with one attached hydrogen (secondary N) is 2. The van der Waals surface area contributed by atoms with Gasteiger partial charge in [-0.15, -0.1) is 0 Å². The van der Waals surface area contributed by atoms with Crippen LogP contribution in [0.25, 0.3) is 11.1 Å². The zero-order chi connectivity index (χ0) is 24.8. The second-order valence-electron chi connectivity index (χ2n) is 9.31. The first-order valence-corrected chi connectivity index (χ1v) is 13.5. The largest absolute Gasteiger partial charge is 0.480 e. The molecule has 1 saturated carbocycles. The summed E-state index contributed by atoms with van der Waals surface area (Å²) in [5.41, 5.74) is 3.79. The smallest absolute Gasteiger partial charge is 0.407 e. The Morgan fingerprint density at radius 2 is 1.66 bits per heavy atom. The van der Waals surface area contributed by atoms with Crippen molar-refractivity contribution in [2.45, 2.75) is 44.1 Å². The number of fused-ring (bicyclic) bond motifs is 3. The molecule has 1 atom stereocenters. The van der Waals surface area contributed by atoms with Crippen LogP contribution in [0.4, 0.5) is 4.79 Å². The Morgan fingerprint density at radius 1 is 1.06 bits per heavy atom. The maximum Gasteiger partial charge on any atom is 0.407 e. The number of amides is 2.